The summed E-state index contributed by atoms with van der Waals surface area (Å²) in [5.41, 5.74) is 10.0. The van der Waals surface area contributed by atoms with Crippen molar-refractivity contribution in [1.82, 2.24) is 19.6 Å². The van der Waals surface area contributed by atoms with Crippen molar-refractivity contribution >= 4 is 47.4 Å². The fourth-order valence-corrected chi connectivity index (χ4v) is 11.3. The summed E-state index contributed by atoms with van der Waals surface area (Å²) in [6, 6.07) is 28.1. The van der Waals surface area contributed by atoms with E-state index >= 15 is 0 Å². The third kappa shape index (κ3) is 10.7. The molecule has 10 rings (SSSR count). The quantitative estimate of drug-likeness (QED) is 0.103. The number of nitrogens with two attached hydrogens (primary N) is 1. The summed E-state index contributed by atoms with van der Waals surface area (Å²) in [4.78, 5) is 117. The molecule has 18 nitrogen and oxygen atoms in total. The first-order chi connectivity index (χ1) is 34.7. The summed E-state index contributed by atoms with van der Waals surface area (Å²) in [5, 5.41) is 28.2. The van der Waals surface area contributed by atoms with Gasteiger partial charge in [-0.2, -0.15) is 0 Å². The van der Waals surface area contributed by atoms with E-state index in [1.807, 2.05) is 48.5 Å². The number of nitro groups is 1. The Morgan fingerprint density at radius 3 is 1.11 bits per heavy atom. The predicted octanol–water partition coefficient (Wildman–Crippen LogP) is 6.07. The molecule has 4 N–H and O–H groups in total. The lowest BCUT2D eigenvalue weighted by molar-refractivity contribution is -0.445. The zero-order chi connectivity index (χ0) is 51.8. The maximum absolute atomic E-state index is 13.7. The van der Waals surface area contributed by atoms with Crippen LogP contribution in [0.25, 0.3) is 0 Å². The summed E-state index contributed by atoms with van der Waals surface area (Å²) < 4.78 is 0. The molecule has 6 aliphatic rings. The van der Waals surface area contributed by atoms with Crippen molar-refractivity contribution in [3.8, 4) is 0 Å². The minimum Gasteiger partial charge on any atom is -0.481 e. The summed E-state index contributed by atoms with van der Waals surface area (Å²) >= 11 is 0. The molecule has 6 atom stereocenters. The number of carboxylic acid groups (broad SMARTS) is 2. The molecule has 2 fully saturated rings. The van der Waals surface area contributed by atoms with Crippen molar-refractivity contribution in [3.63, 3.8) is 0 Å². The van der Waals surface area contributed by atoms with Crippen LogP contribution in [0.2, 0.25) is 0 Å². The van der Waals surface area contributed by atoms with E-state index in [0.717, 1.165) is 55.0 Å². The highest BCUT2D eigenvalue weighted by molar-refractivity contribution is 6.22. The van der Waals surface area contributed by atoms with E-state index in [1.165, 1.54) is 16.8 Å². The molecule has 0 bridgehead atoms. The molecule has 2 aliphatic carbocycles. The third-order valence-electron chi connectivity index (χ3n) is 14.7. The topological polar surface area (TPSA) is 259 Å². The number of hydrogen-bond donors (Lipinski definition) is 3. The van der Waals surface area contributed by atoms with Crippen LogP contribution in [0, 0.1) is 33.8 Å². The Bertz CT molecular complexity index is 2510. The number of benzene rings is 4. The van der Waals surface area contributed by atoms with Gasteiger partial charge in [-0.3, -0.25) is 58.3 Å². The van der Waals surface area contributed by atoms with E-state index in [2.05, 4.69) is 5.73 Å². The van der Waals surface area contributed by atoms with E-state index < -0.39 is 52.6 Å². The first kappa shape index (κ1) is 52.2. The smallest absolute Gasteiger partial charge is 0.307 e. The summed E-state index contributed by atoms with van der Waals surface area (Å²) in [7, 11) is 2.39. The Hall–Kier alpha value is -7.60. The number of fused-ring (bicyclic) bond motifs is 4. The lowest BCUT2D eigenvalue weighted by Gasteiger charge is -2.42. The molecule has 72 heavy (non-hydrogen) atoms. The molecule has 0 saturated heterocycles. The first-order valence-corrected chi connectivity index (χ1v) is 24.5. The lowest BCUT2D eigenvalue weighted by atomic mass is 9.77. The van der Waals surface area contributed by atoms with Crippen LogP contribution in [-0.2, 0) is 32.0 Å². The van der Waals surface area contributed by atoms with Crippen molar-refractivity contribution in [3.05, 3.63) is 152 Å². The standard InChI is InChI=1S/2C26H26N2O5.CH3NO2.CH5N/c2*29-23(20-11-5-6-12-21(20)26(32)33)27-14-13-16-7-1-2-8-17(16)22(27)15-28-24(30)18-9-3-4-10-19(18)25(28)31;1-2(3)4;1-2/h2*1-4,7-10,20-22H,5-6,11-15H2,(H,32,33);1H3;2H2,1H3/t2*20-,21+,22-;;/m11../s1. The number of nitrogens with zero attached hydrogens (tertiary/aromatic N) is 5. The van der Waals surface area contributed by atoms with Gasteiger partial charge in [0.25, 0.3) is 23.6 Å². The Kier molecular flexibility index (Phi) is 16.7. The highest BCUT2D eigenvalue weighted by atomic mass is 16.6. The molecule has 0 unspecified atom stereocenters. The van der Waals surface area contributed by atoms with E-state index in [0.29, 0.717) is 73.9 Å². The Morgan fingerprint density at radius 1 is 0.528 bits per heavy atom. The highest BCUT2D eigenvalue weighted by Gasteiger charge is 2.46. The summed E-state index contributed by atoms with van der Waals surface area (Å²) in [6.45, 7) is 0.984. The fraction of sp³-hybridized carbons (Fsp3) is 0.407. The van der Waals surface area contributed by atoms with Gasteiger partial charge < -0.3 is 25.7 Å². The monoisotopic (exact) mass is 984 g/mol. The number of aliphatic carboxylic acids is 2. The molecule has 4 aliphatic heterocycles. The minimum absolute atomic E-state index is 0.0551. The molecule has 2 saturated carbocycles. The van der Waals surface area contributed by atoms with Gasteiger partial charge in [0.05, 0.1) is 71.1 Å². The minimum atomic E-state index is -0.928. The molecule has 0 radical (unpaired) electrons. The van der Waals surface area contributed by atoms with Crippen LogP contribution in [0.15, 0.2) is 97.1 Å². The van der Waals surface area contributed by atoms with E-state index in [-0.39, 0.29) is 48.5 Å². The lowest BCUT2D eigenvalue weighted by Crippen LogP contribution is -2.50. The van der Waals surface area contributed by atoms with Gasteiger partial charge in [0, 0.05) is 18.0 Å². The Labute approximate surface area is 416 Å². The van der Waals surface area contributed by atoms with Crippen LogP contribution in [0.5, 0.6) is 0 Å². The average molecular weight is 985 g/mol. The number of carbonyl (C=O) groups excluding carboxylic acids is 6. The molecule has 0 aromatic heterocycles. The van der Waals surface area contributed by atoms with Gasteiger partial charge in [-0.25, -0.2) is 0 Å². The Morgan fingerprint density at radius 2 is 0.806 bits per heavy atom. The first-order valence-electron chi connectivity index (χ1n) is 24.5. The normalized spacial score (nSPS) is 22.8. The fourth-order valence-electron chi connectivity index (χ4n) is 11.3. The van der Waals surface area contributed by atoms with Crippen LogP contribution in [0.4, 0.5) is 0 Å². The van der Waals surface area contributed by atoms with Crippen molar-refractivity contribution in [2.24, 2.45) is 29.4 Å². The van der Waals surface area contributed by atoms with E-state index in [9.17, 15) is 48.6 Å². The predicted molar refractivity (Wildman–Crippen MR) is 262 cm³/mol. The zero-order valence-electron chi connectivity index (χ0n) is 40.4. The summed E-state index contributed by atoms with van der Waals surface area (Å²) in [5.74, 6) is -6.18. The van der Waals surface area contributed by atoms with Crippen LogP contribution in [0.1, 0.15) is 127 Å². The number of imide groups is 2. The van der Waals surface area contributed by atoms with Crippen molar-refractivity contribution in [1.29, 1.82) is 0 Å². The number of carboxylic acids is 2. The number of amides is 6. The van der Waals surface area contributed by atoms with Crippen LogP contribution in [-0.4, -0.2) is 122 Å². The van der Waals surface area contributed by atoms with Gasteiger partial charge in [-0.15, -0.1) is 0 Å². The van der Waals surface area contributed by atoms with Crippen LogP contribution in [0.3, 0.4) is 0 Å². The molecular formula is C54H60N6O12. The second-order valence-electron chi connectivity index (χ2n) is 18.6. The average Bonchev–Trinajstić information content (AvgIpc) is 3.78. The molecule has 18 heteroatoms. The van der Waals surface area contributed by atoms with Crippen molar-refractivity contribution < 1.29 is 53.5 Å². The molecule has 4 aromatic carbocycles. The van der Waals surface area contributed by atoms with Gasteiger partial charge in [-0.1, -0.05) is 98.5 Å². The largest absolute Gasteiger partial charge is 0.481 e. The van der Waals surface area contributed by atoms with Gasteiger partial charge in [-0.05, 0) is 92.1 Å². The van der Waals surface area contributed by atoms with Crippen LogP contribution >= 0.6 is 0 Å². The molecule has 0 spiro atoms. The van der Waals surface area contributed by atoms with Gasteiger partial charge in [0.2, 0.25) is 11.8 Å². The molecular weight excluding hydrogens is 925 g/mol. The SMILES string of the molecule is CN.C[N+](=O)[O-].O=C(O)[C@H]1CCCC[C@H]1C(=O)N1CCc2ccccc2[C@H]1CN1C(=O)c2ccccc2C1=O.O=C(O)[C@H]1CCCC[C@H]1C(=O)N1CCc2ccccc2[C@H]1CN1C(=O)c2ccccc2C1=O. The summed E-state index contributed by atoms with van der Waals surface area (Å²) in [6.07, 6.45) is 6.68. The third-order valence-corrected chi connectivity index (χ3v) is 14.7. The van der Waals surface area contributed by atoms with Crippen molar-refractivity contribution in [2.75, 3.05) is 40.3 Å². The molecule has 4 heterocycles. The molecule has 6 amide bonds. The number of carbonyl (C=O) groups is 8. The zero-order valence-corrected chi connectivity index (χ0v) is 40.4. The maximum atomic E-state index is 13.7. The number of hydrogen-bond acceptors (Lipinski definition) is 11. The second-order valence-corrected chi connectivity index (χ2v) is 18.6. The molecule has 4 aromatic rings. The highest BCUT2D eigenvalue weighted by Crippen LogP contribution is 2.40. The van der Waals surface area contributed by atoms with Crippen LogP contribution < -0.4 is 5.73 Å². The van der Waals surface area contributed by atoms with Gasteiger partial charge in [0.1, 0.15) is 0 Å². The Balaban J connectivity index is 0.000000191. The van der Waals surface area contributed by atoms with E-state index in [1.54, 1.807) is 58.3 Å². The molecule has 378 valence electrons. The van der Waals surface area contributed by atoms with E-state index in [4.69, 9.17) is 10.1 Å². The second kappa shape index (κ2) is 23.1. The number of rotatable bonds is 8. The maximum Gasteiger partial charge on any atom is 0.307 e. The van der Waals surface area contributed by atoms with Crippen molar-refractivity contribution in [2.45, 2.75) is 76.3 Å². The van der Waals surface area contributed by atoms with Gasteiger partial charge in [0.15, 0.2) is 7.05 Å². The van der Waals surface area contributed by atoms with Gasteiger partial charge >= 0.3 is 11.9 Å².